The molecule has 1 fully saturated rings. The van der Waals surface area contributed by atoms with Crippen molar-refractivity contribution < 1.29 is 4.39 Å². The molecule has 0 heterocycles. The van der Waals surface area contributed by atoms with Crippen LogP contribution >= 0.6 is 11.8 Å². The van der Waals surface area contributed by atoms with Crippen LogP contribution in [0.5, 0.6) is 0 Å². The van der Waals surface area contributed by atoms with E-state index >= 15 is 0 Å². The highest BCUT2D eigenvalue weighted by Gasteiger charge is 2.15. The Hall–Kier alpha value is -0.540. The van der Waals surface area contributed by atoms with E-state index < -0.39 is 0 Å². The minimum Gasteiger partial charge on any atom is -0.330 e. The highest BCUT2D eigenvalue weighted by Crippen LogP contribution is 2.31. The van der Waals surface area contributed by atoms with Gasteiger partial charge in [0.05, 0.1) is 0 Å². The third kappa shape index (κ3) is 4.00. The highest BCUT2D eigenvalue weighted by atomic mass is 32.2. The maximum absolute atomic E-state index is 13.4. The standard InChI is InChI=1S/C14H20FNS/c15-13-7-12(5-6-16)8-14(9-13)17-10-11-3-1-2-4-11/h7-9,11H,1-6,10,16H2. The molecule has 0 radical (unpaired) electrons. The Kier molecular flexibility index (Phi) is 4.86. The molecule has 0 aromatic heterocycles. The van der Waals surface area contributed by atoms with Gasteiger partial charge in [-0.05, 0) is 55.5 Å². The number of hydrogen-bond donors (Lipinski definition) is 1. The van der Waals surface area contributed by atoms with Crippen LogP contribution in [0.1, 0.15) is 31.2 Å². The van der Waals surface area contributed by atoms with Gasteiger partial charge in [0, 0.05) is 10.6 Å². The molecule has 1 saturated carbocycles. The van der Waals surface area contributed by atoms with Crippen LogP contribution in [-0.2, 0) is 6.42 Å². The van der Waals surface area contributed by atoms with E-state index in [0.717, 1.165) is 28.6 Å². The second-order valence-electron chi connectivity index (χ2n) is 4.80. The summed E-state index contributed by atoms with van der Waals surface area (Å²) >= 11 is 1.79. The number of rotatable bonds is 5. The molecule has 3 heteroatoms. The lowest BCUT2D eigenvalue weighted by molar-refractivity contribution is 0.618. The number of halogens is 1. The average molecular weight is 253 g/mol. The summed E-state index contributed by atoms with van der Waals surface area (Å²) in [5.41, 5.74) is 6.52. The fourth-order valence-corrected chi connectivity index (χ4v) is 3.60. The molecule has 1 nitrogen and oxygen atoms in total. The van der Waals surface area contributed by atoms with Crippen molar-refractivity contribution >= 4 is 11.8 Å². The second kappa shape index (κ2) is 6.41. The molecule has 1 aromatic rings. The fourth-order valence-electron chi connectivity index (χ4n) is 2.41. The van der Waals surface area contributed by atoms with Crippen molar-refractivity contribution in [1.29, 1.82) is 0 Å². The molecule has 94 valence electrons. The van der Waals surface area contributed by atoms with Gasteiger partial charge in [0.1, 0.15) is 5.82 Å². The summed E-state index contributed by atoms with van der Waals surface area (Å²) in [6.07, 6.45) is 6.18. The Balaban J connectivity index is 1.94. The molecule has 2 rings (SSSR count). The lowest BCUT2D eigenvalue weighted by Crippen LogP contribution is -2.03. The van der Waals surface area contributed by atoms with Crippen molar-refractivity contribution in [1.82, 2.24) is 0 Å². The molecule has 0 amide bonds. The Morgan fingerprint density at radius 3 is 2.71 bits per heavy atom. The number of benzene rings is 1. The Morgan fingerprint density at radius 2 is 2.00 bits per heavy atom. The van der Waals surface area contributed by atoms with Crippen LogP contribution in [0.25, 0.3) is 0 Å². The maximum atomic E-state index is 13.4. The van der Waals surface area contributed by atoms with E-state index in [0.29, 0.717) is 6.54 Å². The van der Waals surface area contributed by atoms with E-state index in [4.69, 9.17) is 5.73 Å². The number of hydrogen-bond acceptors (Lipinski definition) is 2. The van der Waals surface area contributed by atoms with Crippen molar-refractivity contribution in [3.8, 4) is 0 Å². The van der Waals surface area contributed by atoms with Gasteiger partial charge in [-0.15, -0.1) is 11.8 Å². The fraction of sp³-hybridized carbons (Fsp3) is 0.571. The minimum absolute atomic E-state index is 0.134. The van der Waals surface area contributed by atoms with Crippen LogP contribution in [0, 0.1) is 11.7 Å². The lowest BCUT2D eigenvalue weighted by Gasteiger charge is -2.09. The van der Waals surface area contributed by atoms with Crippen molar-refractivity contribution in [2.75, 3.05) is 12.3 Å². The SMILES string of the molecule is NCCc1cc(F)cc(SCC2CCCC2)c1. The van der Waals surface area contributed by atoms with Gasteiger partial charge < -0.3 is 5.73 Å². The van der Waals surface area contributed by atoms with Crippen molar-refractivity contribution in [3.63, 3.8) is 0 Å². The summed E-state index contributed by atoms with van der Waals surface area (Å²) in [6, 6.07) is 5.31. The van der Waals surface area contributed by atoms with E-state index in [1.54, 1.807) is 23.9 Å². The predicted octanol–water partition coefficient (Wildman–Crippen LogP) is 3.61. The molecular formula is C14H20FNS. The van der Waals surface area contributed by atoms with Gasteiger partial charge in [0.25, 0.3) is 0 Å². The van der Waals surface area contributed by atoms with Gasteiger partial charge in [0.2, 0.25) is 0 Å². The smallest absolute Gasteiger partial charge is 0.124 e. The molecule has 0 saturated heterocycles. The topological polar surface area (TPSA) is 26.0 Å². The van der Waals surface area contributed by atoms with E-state index in [9.17, 15) is 4.39 Å². The third-order valence-electron chi connectivity index (χ3n) is 3.32. The molecule has 1 aliphatic carbocycles. The molecule has 0 atom stereocenters. The number of nitrogens with two attached hydrogens (primary N) is 1. The molecule has 1 aliphatic rings. The van der Waals surface area contributed by atoms with Gasteiger partial charge >= 0.3 is 0 Å². The summed E-state index contributed by atoms with van der Waals surface area (Å²) in [5, 5.41) is 0. The summed E-state index contributed by atoms with van der Waals surface area (Å²) < 4.78 is 13.4. The van der Waals surface area contributed by atoms with Gasteiger partial charge in [-0.3, -0.25) is 0 Å². The maximum Gasteiger partial charge on any atom is 0.124 e. The first-order valence-electron chi connectivity index (χ1n) is 6.40. The Morgan fingerprint density at radius 1 is 1.24 bits per heavy atom. The zero-order chi connectivity index (χ0) is 12.1. The van der Waals surface area contributed by atoms with E-state index in [1.807, 2.05) is 0 Å². The normalized spacial score (nSPS) is 16.6. The molecular weight excluding hydrogens is 233 g/mol. The first-order valence-corrected chi connectivity index (χ1v) is 7.39. The predicted molar refractivity (Wildman–Crippen MR) is 71.8 cm³/mol. The van der Waals surface area contributed by atoms with Crippen LogP contribution in [-0.4, -0.2) is 12.3 Å². The average Bonchev–Trinajstić information content (AvgIpc) is 2.79. The zero-order valence-electron chi connectivity index (χ0n) is 10.1. The quantitative estimate of drug-likeness (QED) is 0.811. The van der Waals surface area contributed by atoms with E-state index in [-0.39, 0.29) is 5.82 Å². The monoisotopic (exact) mass is 253 g/mol. The van der Waals surface area contributed by atoms with Gasteiger partial charge in [-0.25, -0.2) is 4.39 Å². The molecule has 1 aromatic carbocycles. The molecule has 17 heavy (non-hydrogen) atoms. The van der Waals surface area contributed by atoms with Crippen molar-refractivity contribution in [2.24, 2.45) is 11.7 Å². The minimum atomic E-state index is -0.134. The van der Waals surface area contributed by atoms with Gasteiger partial charge in [0.15, 0.2) is 0 Å². The first kappa shape index (κ1) is 12.9. The van der Waals surface area contributed by atoms with Gasteiger partial charge in [-0.1, -0.05) is 12.8 Å². The Bertz CT molecular complexity index is 361. The summed E-state index contributed by atoms with van der Waals surface area (Å²) in [6.45, 7) is 0.580. The third-order valence-corrected chi connectivity index (χ3v) is 4.53. The van der Waals surface area contributed by atoms with Crippen LogP contribution < -0.4 is 5.73 Å². The second-order valence-corrected chi connectivity index (χ2v) is 5.89. The zero-order valence-corrected chi connectivity index (χ0v) is 10.9. The molecule has 0 unspecified atom stereocenters. The molecule has 2 N–H and O–H groups in total. The van der Waals surface area contributed by atoms with E-state index in [1.165, 1.54) is 25.7 Å². The van der Waals surface area contributed by atoms with E-state index in [2.05, 4.69) is 6.07 Å². The summed E-state index contributed by atoms with van der Waals surface area (Å²) in [4.78, 5) is 1.06. The van der Waals surface area contributed by atoms with Crippen LogP contribution in [0.15, 0.2) is 23.1 Å². The van der Waals surface area contributed by atoms with Crippen LogP contribution in [0.3, 0.4) is 0 Å². The first-order chi connectivity index (χ1) is 8.28. The highest BCUT2D eigenvalue weighted by molar-refractivity contribution is 7.99. The van der Waals surface area contributed by atoms with Crippen molar-refractivity contribution in [2.45, 2.75) is 37.0 Å². The van der Waals surface area contributed by atoms with Crippen LogP contribution in [0.4, 0.5) is 4.39 Å². The lowest BCUT2D eigenvalue weighted by atomic mass is 10.1. The molecule has 0 bridgehead atoms. The van der Waals surface area contributed by atoms with Crippen molar-refractivity contribution in [3.05, 3.63) is 29.6 Å². The Labute approximate surface area is 107 Å². The summed E-state index contributed by atoms with van der Waals surface area (Å²) in [5.74, 6) is 1.83. The van der Waals surface area contributed by atoms with Gasteiger partial charge in [-0.2, -0.15) is 0 Å². The summed E-state index contributed by atoms with van der Waals surface area (Å²) in [7, 11) is 0. The number of thioether (sulfide) groups is 1. The van der Waals surface area contributed by atoms with Crippen LogP contribution in [0.2, 0.25) is 0 Å². The molecule has 0 spiro atoms. The largest absolute Gasteiger partial charge is 0.330 e. The molecule has 0 aliphatic heterocycles.